The van der Waals surface area contributed by atoms with Crippen LogP contribution in [0.4, 0.5) is 5.69 Å². The number of para-hydroxylation sites is 1. The van der Waals surface area contributed by atoms with Crippen LogP contribution in [0.25, 0.3) is 0 Å². The Hall–Kier alpha value is -3.07. The maximum atomic E-state index is 14.8. The SMILES string of the molecule is C=CCOC(=O)[C@@H]1[C@H]2C(=O)N([C@@H](CO)Cc3ccccc3)C(C(=O)N(CC=C)c3ccccc3Cl)C23CC[C@@]1(C)S3. The molecule has 1 N–H and O–H groups in total. The van der Waals surface area contributed by atoms with Crippen molar-refractivity contribution in [1.82, 2.24) is 4.90 Å². The average molecular weight is 595 g/mol. The van der Waals surface area contributed by atoms with Crippen LogP contribution in [0.1, 0.15) is 25.3 Å². The summed E-state index contributed by atoms with van der Waals surface area (Å²) in [6, 6.07) is 15.0. The molecule has 5 rings (SSSR count). The number of hydrogen-bond donors (Lipinski definition) is 1. The zero-order valence-electron chi connectivity index (χ0n) is 23.1. The number of aliphatic hydroxyl groups is 1. The van der Waals surface area contributed by atoms with Gasteiger partial charge in [0.1, 0.15) is 12.6 Å². The van der Waals surface area contributed by atoms with E-state index >= 15 is 0 Å². The van der Waals surface area contributed by atoms with Crippen LogP contribution in [0.2, 0.25) is 5.02 Å². The van der Waals surface area contributed by atoms with Crippen molar-refractivity contribution in [2.24, 2.45) is 11.8 Å². The third-order valence-corrected chi connectivity index (χ3v) is 11.0. The summed E-state index contributed by atoms with van der Waals surface area (Å²) >= 11 is 8.13. The molecule has 3 fully saturated rings. The van der Waals surface area contributed by atoms with Gasteiger partial charge in [-0.1, -0.05) is 72.8 Å². The first-order valence-electron chi connectivity index (χ1n) is 13.8. The highest BCUT2D eigenvalue weighted by Gasteiger charge is 2.78. The molecular formula is C32H35ClN2O5S. The molecule has 3 heterocycles. The lowest BCUT2D eigenvalue weighted by atomic mass is 9.66. The van der Waals surface area contributed by atoms with E-state index in [1.54, 1.807) is 51.9 Å². The molecule has 7 nitrogen and oxygen atoms in total. The zero-order valence-corrected chi connectivity index (χ0v) is 24.7. The van der Waals surface area contributed by atoms with Crippen molar-refractivity contribution in [2.45, 2.75) is 47.8 Å². The summed E-state index contributed by atoms with van der Waals surface area (Å²) in [6.45, 7) is 9.38. The van der Waals surface area contributed by atoms with E-state index < -0.39 is 39.4 Å². The van der Waals surface area contributed by atoms with Crippen molar-refractivity contribution in [1.29, 1.82) is 0 Å². The molecule has 2 amide bonds. The number of aliphatic hydroxyl groups excluding tert-OH is 1. The molecule has 0 aliphatic carbocycles. The standard InChI is InChI=1S/C32H35ClN2O5S/c1-4-17-34(24-14-10-9-13-23(24)33)29(38)27-32-16-15-31(3,41-32)26(30(39)40-18-5-2)25(32)28(37)35(27)22(20-36)19-21-11-7-6-8-12-21/h4-14,22,25-27,36H,1-2,15-20H2,3H3/t22-,25+,26+,27?,31-,32?/m1/s1. The van der Waals surface area contributed by atoms with Crippen molar-refractivity contribution in [3.05, 3.63) is 90.5 Å². The number of fused-ring (bicyclic) bond motifs is 1. The topological polar surface area (TPSA) is 87.1 Å². The maximum Gasteiger partial charge on any atom is 0.311 e. The number of hydrogen-bond acceptors (Lipinski definition) is 6. The Balaban J connectivity index is 1.63. The van der Waals surface area contributed by atoms with E-state index in [1.165, 1.54) is 6.08 Å². The number of nitrogens with zero attached hydrogens (tertiary/aromatic N) is 2. The first-order chi connectivity index (χ1) is 19.7. The highest BCUT2D eigenvalue weighted by atomic mass is 35.5. The van der Waals surface area contributed by atoms with Crippen molar-refractivity contribution >= 4 is 46.8 Å². The minimum atomic E-state index is -0.930. The quantitative estimate of drug-likeness (QED) is 0.300. The van der Waals surface area contributed by atoms with Gasteiger partial charge in [-0.3, -0.25) is 14.4 Å². The van der Waals surface area contributed by atoms with Crippen LogP contribution in [-0.4, -0.2) is 69.1 Å². The predicted molar refractivity (Wildman–Crippen MR) is 162 cm³/mol. The van der Waals surface area contributed by atoms with E-state index in [0.717, 1.165) is 5.56 Å². The molecule has 1 spiro atoms. The van der Waals surface area contributed by atoms with E-state index in [4.69, 9.17) is 16.3 Å². The lowest BCUT2D eigenvalue weighted by molar-refractivity contribution is -0.155. The second kappa shape index (κ2) is 11.7. The van der Waals surface area contributed by atoms with Gasteiger partial charge in [-0.25, -0.2) is 0 Å². The molecule has 2 bridgehead atoms. The molecule has 3 aliphatic rings. The third-order valence-electron chi connectivity index (χ3n) is 8.69. The van der Waals surface area contributed by atoms with Gasteiger partial charge >= 0.3 is 5.97 Å². The lowest BCUT2D eigenvalue weighted by Gasteiger charge is -2.39. The number of amides is 2. The van der Waals surface area contributed by atoms with E-state index in [9.17, 15) is 19.5 Å². The zero-order chi connectivity index (χ0) is 29.4. The summed E-state index contributed by atoms with van der Waals surface area (Å²) in [5.41, 5.74) is 1.45. The van der Waals surface area contributed by atoms with Gasteiger partial charge in [0.15, 0.2) is 0 Å². The highest BCUT2D eigenvalue weighted by molar-refractivity contribution is 8.02. The van der Waals surface area contributed by atoms with Crippen LogP contribution in [0.5, 0.6) is 0 Å². The molecule has 0 radical (unpaired) electrons. The molecule has 216 valence electrons. The minimum absolute atomic E-state index is 0.0446. The second-order valence-corrected chi connectivity index (χ2v) is 13.4. The summed E-state index contributed by atoms with van der Waals surface area (Å²) in [6.07, 6.45) is 4.72. The molecule has 41 heavy (non-hydrogen) atoms. The number of anilines is 1. The van der Waals surface area contributed by atoms with E-state index in [2.05, 4.69) is 13.2 Å². The molecule has 0 aromatic heterocycles. The lowest BCUT2D eigenvalue weighted by Crippen LogP contribution is -2.58. The van der Waals surface area contributed by atoms with Gasteiger partial charge in [0.05, 0.1) is 39.9 Å². The summed E-state index contributed by atoms with van der Waals surface area (Å²) in [5, 5.41) is 11.1. The van der Waals surface area contributed by atoms with E-state index in [-0.39, 0.29) is 31.6 Å². The van der Waals surface area contributed by atoms with Crippen molar-refractivity contribution in [2.75, 3.05) is 24.7 Å². The summed E-state index contributed by atoms with van der Waals surface area (Å²) < 4.78 is 4.08. The first-order valence-corrected chi connectivity index (χ1v) is 15.0. The summed E-state index contributed by atoms with van der Waals surface area (Å²) in [4.78, 5) is 45.9. The molecule has 2 aromatic rings. The summed E-state index contributed by atoms with van der Waals surface area (Å²) in [5.74, 6) is -2.55. The van der Waals surface area contributed by atoms with E-state index in [0.29, 0.717) is 30.0 Å². The number of likely N-dealkylation sites (tertiary alicyclic amines) is 1. The molecule has 6 atom stereocenters. The molecule has 3 saturated heterocycles. The fraction of sp³-hybridized carbons (Fsp3) is 0.406. The highest BCUT2D eigenvalue weighted by Crippen LogP contribution is 2.72. The molecular weight excluding hydrogens is 560 g/mol. The average Bonchev–Trinajstić information content (AvgIpc) is 3.54. The molecule has 9 heteroatoms. The number of benzene rings is 2. The van der Waals surface area contributed by atoms with Crippen LogP contribution in [-0.2, 0) is 25.5 Å². The maximum absolute atomic E-state index is 14.8. The van der Waals surface area contributed by atoms with Crippen LogP contribution < -0.4 is 4.90 Å². The van der Waals surface area contributed by atoms with Crippen LogP contribution in [0.3, 0.4) is 0 Å². The van der Waals surface area contributed by atoms with Crippen LogP contribution in [0.15, 0.2) is 79.9 Å². The Morgan fingerprint density at radius 1 is 1.17 bits per heavy atom. The minimum Gasteiger partial charge on any atom is -0.461 e. The van der Waals surface area contributed by atoms with Gasteiger partial charge in [0.2, 0.25) is 5.91 Å². The third kappa shape index (κ3) is 4.90. The number of carbonyl (C=O) groups is 3. The molecule has 2 aromatic carbocycles. The van der Waals surface area contributed by atoms with Crippen molar-refractivity contribution in [3.8, 4) is 0 Å². The van der Waals surface area contributed by atoms with Crippen LogP contribution in [0, 0.1) is 11.8 Å². The monoisotopic (exact) mass is 594 g/mol. The molecule has 2 unspecified atom stereocenters. The normalized spacial score (nSPS) is 28.7. The molecule has 3 aliphatic heterocycles. The largest absolute Gasteiger partial charge is 0.461 e. The van der Waals surface area contributed by atoms with Gasteiger partial charge < -0.3 is 19.6 Å². The van der Waals surface area contributed by atoms with Gasteiger partial charge in [0, 0.05) is 11.3 Å². The fourth-order valence-electron chi connectivity index (χ4n) is 7.02. The number of halogens is 1. The number of thioether (sulfide) groups is 1. The van der Waals surface area contributed by atoms with Crippen molar-refractivity contribution in [3.63, 3.8) is 0 Å². The smallest absolute Gasteiger partial charge is 0.311 e. The van der Waals surface area contributed by atoms with Gasteiger partial charge in [-0.05, 0) is 43.9 Å². The number of rotatable bonds is 11. The Morgan fingerprint density at radius 2 is 1.88 bits per heavy atom. The fourth-order valence-corrected chi connectivity index (χ4v) is 9.58. The first kappa shape index (κ1) is 29.4. The second-order valence-electron chi connectivity index (χ2n) is 11.1. The molecule has 0 saturated carbocycles. The van der Waals surface area contributed by atoms with Gasteiger partial charge in [-0.2, -0.15) is 0 Å². The number of esters is 1. The van der Waals surface area contributed by atoms with Crippen LogP contribution >= 0.6 is 23.4 Å². The Kier molecular flexibility index (Phi) is 8.37. The van der Waals surface area contributed by atoms with Crippen molar-refractivity contribution < 1.29 is 24.2 Å². The Labute approximate surface area is 250 Å². The Morgan fingerprint density at radius 3 is 2.54 bits per heavy atom. The predicted octanol–water partition coefficient (Wildman–Crippen LogP) is 4.67. The Bertz CT molecular complexity index is 1350. The van der Waals surface area contributed by atoms with E-state index in [1.807, 2.05) is 37.3 Å². The number of ether oxygens (including phenoxy) is 1. The van der Waals surface area contributed by atoms with Gasteiger partial charge in [0.25, 0.3) is 5.91 Å². The number of carbonyl (C=O) groups excluding carboxylic acids is 3. The van der Waals surface area contributed by atoms with Gasteiger partial charge in [-0.15, -0.1) is 18.3 Å². The summed E-state index contributed by atoms with van der Waals surface area (Å²) in [7, 11) is 0.